The average molecular weight is 555 g/mol. The minimum absolute atomic E-state index is 0.114. The maximum absolute atomic E-state index is 13.5. The Labute approximate surface area is 236 Å². The number of carboxylic acid groups (broad SMARTS) is 1. The van der Waals surface area contributed by atoms with Gasteiger partial charge in [-0.15, -0.1) is 0 Å². The molecule has 0 saturated carbocycles. The molecule has 0 fully saturated rings. The number of benzene rings is 1. The first kappa shape index (κ1) is 32.4. The van der Waals surface area contributed by atoms with Crippen molar-refractivity contribution in [2.45, 2.75) is 78.6 Å². The summed E-state index contributed by atoms with van der Waals surface area (Å²) in [6.07, 6.45) is 6.63. The zero-order valence-corrected chi connectivity index (χ0v) is 24.4. The van der Waals surface area contributed by atoms with Crippen LogP contribution >= 0.6 is 0 Å². The zero-order valence-electron chi connectivity index (χ0n) is 24.4. The van der Waals surface area contributed by atoms with E-state index in [2.05, 4.69) is 17.6 Å². The van der Waals surface area contributed by atoms with Gasteiger partial charge in [0.2, 0.25) is 11.8 Å². The molecule has 0 heterocycles. The first-order valence-electron chi connectivity index (χ1n) is 13.6. The molecule has 0 spiro atoms. The quantitative estimate of drug-likeness (QED) is 0.216. The van der Waals surface area contributed by atoms with E-state index < -0.39 is 23.2 Å². The Morgan fingerprint density at radius 3 is 2.33 bits per heavy atom. The Morgan fingerprint density at radius 2 is 1.75 bits per heavy atom. The van der Waals surface area contributed by atoms with Crippen molar-refractivity contribution < 1.29 is 33.8 Å². The lowest BCUT2D eigenvalue weighted by Gasteiger charge is -2.35. The van der Waals surface area contributed by atoms with Crippen molar-refractivity contribution in [1.82, 2.24) is 10.6 Å². The molecule has 2 amide bonds. The number of hydrogen-bond acceptors (Lipinski definition) is 6. The third-order valence-electron chi connectivity index (χ3n) is 6.83. The van der Waals surface area contributed by atoms with Crippen LogP contribution in [-0.2, 0) is 19.2 Å². The van der Waals surface area contributed by atoms with Gasteiger partial charge >= 0.3 is 5.97 Å². The fraction of sp³-hybridized carbons (Fsp3) is 0.516. The number of ether oxygens (including phenoxy) is 2. The summed E-state index contributed by atoms with van der Waals surface area (Å²) >= 11 is 0. The van der Waals surface area contributed by atoms with Crippen LogP contribution < -0.4 is 20.1 Å². The summed E-state index contributed by atoms with van der Waals surface area (Å²) in [7, 11) is 3.18. The number of rotatable bonds is 14. The Bertz CT molecular complexity index is 1190. The highest BCUT2D eigenvalue weighted by Crippen LogP contribution is 2.40. The van der Waals surface area contributed by atoms with E-state index in [1.54, 1.807) is 20.3 Å². The number of allylic oxidation sites excluding steroid dienone is 3. The van der Waals surface area contributed by atoms with E-state index in [0.717, 1.165) is 31.2 Å². The van der Waals surface area contributed by atoms with Crippen molar-refractivity contribution in [3.63, 3.8) is 0 Å². The number of carbonyl (C=O) groups excluding carboxylic acids is 3. The normalized spacial score (nSPS) is 15.8. The lowest BCUT2D eigenvalue weighted by Crippen LogP contribution is -2.37. The van der Waals surface area contributed by atoms with Crippen LogP contribution in [0.5, 0.6) is 11.5 Å². The Morgan fingerprint density at radius 1 is 1.02 bits per heavy atom. The van der Waals surface area contributed by atoms with Gasteiger partial charge in [-0.3, -0.25) is 14.4 Å². The van der Waals surface area contributed by atoms with Gasteiger partial charge in [-0.2, -0.15) is 0 Å². The molecule has 9 nitrogen and oxygen atoms in total. The fourth-order valence-electron chi connectivity index (χ4n) is 4.96. The molecule has 1 aromatic rings. The van der Waals surface area contributed by atoms with E-state index in [0.29, 0.717) is 22.9 Å². The lowest BCUT2D eigenvalue weighted by atomic mass is 9.72. The molecule has 0 aliphatic heterocycles. The predicted molar refractivity (Wildman–Crippen MR) is 153 cm³/mol. The van der Waals surface area contributed by atoms with Crippen molar-refractivity contribution in [2.24, 2.45) is 11.3 Å². The smallest absolute Gasteiger partial charge is 0.303 e. The number of methoxy groups -OCH3 is 2. The molecular weight excluding hydrogens is 512 g/mol. The molecule has 0 radical (unpaired) electrons. The number of nitrogens with one attached hydrogen (secondary N) is 2. The van der Waals surface area contributed by atoms with E-state index in [1.165, 1.54) is 6.08 Å². The standard InChI is InChI=1S/C31H42N2O7/c1-7-8-9-10-20(24-12-11-23(39-5)18-26(24)40-6)16-28(36)33-25-17-22(32-27(35)13-14-29(37)38)15-21(19-34)30(25)31(2,3)4/h11-12,15,17-18,20,30H,7-10,13-14,16H2,1-6H3,(H,32,35)(H,33,36)(H,37,38). The molecule has 1 aliphatic carbocycles. The Balaban J connectivity index is 2.36. The number of unbranched alkanes of at least 4 members (excludes halogenated alkanes) is 2. The van der Waals surface area contributed by atoms with Gasteiger partial charge in [0.25, 0.3) is 0 Å². The molecule has 2 unspecified atom stereocenters. The topological polar surface area (TPSA) is 131 Å². The first-order chi connectivity index (χ1) is 18.9. The summed E-state index contributed by atoms with van der Waals surface area (Å²) < 4.78 is 11.0. The van der Waals surface area contributed by atoms with E-state index in [4.69, 9.17) is 14.6 Å². The highest BCUT2D eigenvalue weighted by molar-refractivity contribution is 5.83. The zero-order chi connectivity index (χ0) is 29.9. The fourth-order valence-corrected chi connectivity index (χ4v) is 4.96. The summed E-state index contributed by atoms with van der Waals surface area (Å²) in [5, 5.41) is 14.5. The summed E-state index contributed by atoms with van der Waals surface area (Å²) in [6.45, 7) is 7.99. The molecule has 40 heavy (non-hydrogen) atoms. The van der Waals surface area contributed by atoms with Gasteiger partial charge in [0, 0.05) is 41.8 Å². The monoisotopic (exact) mass is 554 g/mol. The van der Waals surface area contributed by atoms with Gasteiger partial charge in [-0.05, 0) is 41.5 Å². The van der Waals surface area contributed by atoms with Gasteiger partial charge in [-0.1, -0.05) is 53.0 Å². The number of carboxylic acids is 1. The van der Waals surface area contributed by atoms with Crippen molar-refractivity contribution in [3.8, 4) is 11.5 Å². The van der Waals surface area contributed by atoms with E-state index in [-0.39, 0.29) is 36.7 Å². The molecular formula is C31H42N2O7. The van der Waals surface area contributed by atoms with Crippen molar-refractivity contribution in [2.75, 3.05) is 14.2 Å². The van der Waals surface area contributed by atoms with Crippen molar-refractivity contribution >= 4 is 23.7 Å². The van der Waals surface area contributed by atoms with Gasteiger partial charge in [0.15, 0.2) is 0 Å². The molecule has 218 valence electrons. The van der Waals surface area contributed by atoms with Crippen LogP contribution in [0.25, 0.3) is 0 Å². The largest absolute Gasteiger partial charge is 0.497 e. The van der Waals surface area contributed by atoms with Gasteiger partial charge in [0.1, 0.15) is 17.4 Å². The molecule has 0 aromatic heterocycles. The summed E-state index contributed by atoms with van der Waals surface area (Å²) in [5.74, 6) is 0.880. The second kappa shape index (κ2) is 15.1. The van der Waals surface area contributed by atoms with Crippen molar-refractivity contribution in [3.05, 3.63) is 52.9 Å². The van der Waals surface area contributed by atoms with Crippen LogP contribution in [0.15, 0.2) is 47.3 Å². The van der Waals surface area contributed by atoms with E-state index >= 15 is 0 Å². The minimum Gasteiger partial charge on any atom is -0.497 e. The number of hydrogen-bond donors (Lipinski definition) is 3. The van der Waals surface area contributed by atoms with Crippen LogP contribution in [0, 0.1) is 11.3 Å². The summed E-state index contributed by atoms with van der Waals surface area (Å²) in [5.41, 5.74) is 1.53. The predicted octanol–water partition coefficient (Wildman–Crippen LogP) is 5.06. The second-order valence-corrected chi connectivity index (χ2v) is 11.1. The first-order valence-corrected chi connectivity index (χ1v) is 13.6. The van der Waals surface area contributed by atoms with E-state index in [1.807, 2.05) is 44.9 Å². The highest BCUT2D eigenvalue weighted by atomic mass is 16.5. The lowest BCUT2D eigenvalue weighted by molar-refractivity contribution is -0.138. The van der Waals surface area contributed by atoms with E-state index in [9.17, 15) is 19.2 Å². The van der Waals surface area contributed by atoms with Gasteiger partial charge in [0.05, 0.1) is 20.6 Å². The maximum Gasteiger partial charge on any atom is 0.303 e. The van der Waals surface area contributed by atoms with Crippen LogP contribution in [-0.4, -0.2) is 43.1 Å². The number of aliphatic carboxylic acids is 1. The van der Waals surface area contributed by atoms with Crippen LogP contribution in [0.3, 0.4) is 0 Å². The summed E-state index contributed by atoms with van der Waals surface area (Å²) in [6, 6.07) is 5.60. The third-order valence-corrected chi connectivity index (χ3v) is 6.83. The molecule has 0 saturated heterocycles. The van der Waals surface area contributed by atoms with Crippen molar-refractivity contribution in [1.29, 1.82) is 0 Å². The molecule has 9 heteroatoms. The molecule has 2 rings (SSSR count). The molecule has 0 bridgehead atoms. The molecule has 1 aliphatic rings. The number of carbonyl (C=O) groups is 3. The molecule has 1 aromatic carbocycles. The third kappa shape index (κ3) is 9.42. The highest BCUT2D eigenvalue weighted by Gasteiger charge is 2.35. The average Bonchev–Trinajstić information content (AvgIpc) is 2.90. The number of amides is 2. The molecule has 3 N–H and O–H groups in total. The molecule has 2 atom stereocenters. The minimum atomic E-state index is -1.08. The summed E-state index contributed by atoms with van der Waals surface area (Å²) in [4.78, 5) is 48.6. The van der Waals surface area contributed by atoms with Gasteiger partial charge < -0.3 is 25.2 Å². The SMILES string of the molecule is CCCCCC(CC(=O)NC1=CC(NC(=O)CCC(=O)O)=CC(=C=O)C1C(C)(C)C)c1ccc(OC)cc1OC. The Hall–Kier alpha value is -3.84. The van der Waals surface area contributed by atoms with Crippen LogP contribution in [0.4, 0.5) is 0 Å². The maximum atomic E-state index is 13.5. The van der Waals surface area contributed by atoms with Gasteiger partial charge in [-0.25, -0.2) is 4.79 Å². The van der Waals surface area contributed by atoms with Crippen LogP contribution in [0.1, 0.15) is 84.1 Å². The van der Waals surface area contributed by atoms with Crippen LogP contribution in [0.2, 0.25) is 0 Å². The Kier molecular flexibility index (Phi) is 12.2. The second-order valence-electron chi connectivity index (χ2n) is 11.1.